The first-order chi connectivity index (χ1) is 11.2. The molecule has 3 rings (SSSR count). The number of rotatable bonds is 1. The number of benzene rings is 2. The van der Waals surface area contributed by atoms with Crippen LogP contribution in [0.15, 0.2) is 59.6 Å². The maximum Gasteiger partial charge on any atom is 0.326 e. The van der Waals surface area contributed by atoms with Crippen LogP contribution in [0.5, 0.6) is 0 Å². The van der Waals surface area contributed by atoms with Gasteiger partial charge in [0.15, 0.2) is 0 Å². The third-order valence-electron chi connectivity index (χ3n) is 3.72. The lowest BCUT2D eigenvalue weighted by atomic mass is 10.1. The number of hydroxylamine groups is 1. The molecule has 6 heteroatoms. The Morgan fingerprint density at radius 1 is 1.17 bits per heavy atom. The summed E-state index contributed by atoms with van der Waals surface area (Å²) in [6.45, 7) is 2.30. The highest BCUT2D eigenvalue weighted by Gasteiger charge is 2.26. The molecule has 0 spiro atoms. The Morgan fingerprint density at radius 2 is 1.87 bits per heavy atom. The van der Waals surface area contributed by atoms with Crippen LogP contribution in [0.25, 0.3) is 0 Å². The minimum absolute atomic E-state index is 0.131. The van der Waals surface area contributed by atoms with Gasteiger partial charge in [0.05, 0.1) is 11.4 Å². The van der Waals surface area contributed by atoms with Crippen molar-refractivity contribution in [1.29, 1.82) is 0 Å². The van der Waals surface area contributed by atoms with Crippen molar-refractivity contribution in [3.63, 3.8) is 0 Å². The third kappa shape index (κ3) is 3.17. The molecule has 0 radical (unpaired) electrons. The van der Waals surface area contributed by atoms with Crippen LogP contribution in [0.2, 0.25) is 0 Å². The second-order valence-electron chi connectivity index (χ2n) is 5.41. The van der Waals surface area contributed by atoms with Crippen LogP contribution >= 0.6 is 0 Å². The molecule has 0 aromatic heterocycles. The first kappa shape index (κ1) is 15.1. The van der Waals surface area contributed by atoms with Crippen molar-refractivity contribution in [2.24, 2.45) is 10.9 Å². The zero-order chi connectivity index (χ0) is 16.2. The highest BCUT2D eigenvalue weighted by atomic mass is 16.5. The topological polar surface area (TPSA) is 77.0 Å². The lowest BCUT2D eigenvalue weighted by Crippen LogP contribution is -2.40. The van der Waals surface area contributed by atoms with E-state index in [9.17, 15) is 10.0 Å². The fraction of sp³-hybridized carbons (Fsp3) is 0.176. The van der Waals surface area contributed by atoms with Gasteiger partial charge in [-0.25, -0.2) is 9.79 Å². The average Bonchev–Trinajstić information content (AvgIpc) is 2.72. The Bertz CT molecular complexity index is 730. The standard InChI is InChI=1S/C17H18N4O2/c1-12-11-21(17(22)18-13-7-3-2-4-8-13)15-10-6-5-9-14(15)19-16(12)20-23/h2-10,12,23H,11H2,1H3,(H,18,22)(H,19,20). The molecule has 1 aliphatic heterocycles. The molecule has 0 saturated heterocycles. The first-order valence-corrected chi connectivity index (χ1v) is 7.40. The van der Waals surface area contributed by atoms with Crippen molar-refractivity contribution >= 4 is 28.9 Å². The summed E-state index contributed by atoms with van der Waals surface area (Å²) < 4.78 is 0. The van der Waals surface area contributed by atoms with Gasteiger partial charge in [-0.3, -0.25) is 15.6 Å². The lowest BCUT2D eigenvalue weighted by Gasteiger charge is -2.24. The number of anilines is 2. The number of nitrogens with zero attached hydrogens (tertiary/aromatic N) is 2. The summed E-state index contributed by atoms with van der Waals surface area (Å²) in [5, 5.41) is 12.2. The maximum absolute atomic E-state index is 12.7. The van der Waals surface area contributed by atoms with Crippen molar-refractivity contribution < 1.29 is 10.0 Å². The van der Waals surface area contributed by atoms with E-state index in [2.05, 4.69) is 15.8 Å². The van der Waals surface area contributed by atoms with Crippen LogP contribution in [0, 0.1) is 5.92 Å². The molecule has 1 aliphatic rings. The molecule has 1 heterocycles. The number of para-hydroxylation sites is 3. The Kier molecular flexibility index (Phi) is 4.25. The second kappa shape index (κ2) is 6.50. The molecule has 0 bridgehead atoms. The van der Waals surface area contributed by atoms with Crippen LogP contribution in [0.4, 0.5) is 21.9 Å². The van der Waals surface area contributed by atoms with E-state index in [1.54, 1.807) is 4.90 Å². The summed E-state index contributed by atoms with van der Waals surface area (Å²) >= 11 is 0. The highest BCUT2D eigenvalue weighted by molar-refractivity contribution is 6.05. The van der Waals surface area contributed by atoms with Gasteiger partial charge in [-0.2, -0.15) is 0 Å². The third-order valence-corrected chi connectivity index (χ3v) is 3.72. The number of carbonyl (C=O) groups is 1. The summed E-state index contributed by atoms with van der Waals surface area (Å²) in [5.41, 5.74) is 4.21. The van der Waals surface area contributed by atoms with Crippen LogP contribution in [-0.4, -0.2) is 23.6 Å². The van der Waals surface area contributed by atoms with Crippen LogP contribution in [0.3, 0.4) is 0 Å². The number of fused-ring (bicyclic) bond motifs is 1. The van der Waals surface area contributed by atoms with Crippen molar-refractivity contribution in [1.82, 2.24) is 5.48 Å². The number of urea groups is 1. The number of amidine groups is 1. The van der Waals surface area contributed by atoms with Crippen molar-refractivity contribution in [2.45, 2.75) is 6.92 Å². The van der Waals surface area contributed by atoms with E-state index in [-0.39, 0.29) is 11.9 Å². The number of nitrogens with one attached hydrogen (secondary N) is 2. The maximum atomic E-state index is 12.7. The molecule has 2 aromatic carbocycles. The van der Waals surface area contributed by atoms with Gasteiger partial charge in [0.2, 0.25) is 0 Å². The number of aliphatic imine (C=N–C) groups is 1. The monoisotopic (exact) mass is 310 g/mol. The van der Waals surface area contributed by atoms with Gasteiger partial charge >= 0.3 is 6.03 Å². The SMILES string of the molecule is CC1CN(C(=O)Nc2ccccc2)c2ccccc2N=C1NO. The van der Waals surface area contributed by atoms with Crippen LogP contribution < -0.4 is 15.7 Å². The minimum atomic E-state index is -0.232. The molecular weight excluding hydrogens is 292 g/mol. The van der Waals surface area contributed by atoms with Gasteiger partial charge < -0.3 is 5.32 Å². The Morgan fingerprint density at radius 3 is 2.61 bits per heavy atom. The predicted molar refractivity (Wildman–Crippen MR) is 90.4 cm³/mol. The zero-order valence-corrected chi connectivity index (χ0v) is 12.7. The summed E-state index contributed by atoms with van der Waals surface area (Å²) in [7, 11) is 0. The Labute approximate surface area is 134 Å². The van der Waals surface area contributed by atoms with Crippen LogP contribution in [-0.2, 0) is 0 Å². The zero-order valence-electron chi connectivity index (χ0n) is 12.7. The highest BCUT2D eigenvalue weighted by Crippen LogP contribution is 2.32. The Hall–Kier alpha value is -2.86. The molecule has 1 atom stereocenters. The molecule has 2 aromatic rings. The molecule has 0 saturated carbocycles. The molecule has 23 heavy (non-hydrogen) atoms. The smallest absolute Gasteiger partial charge is 0.308 e. The first-order valence-electron chi connectivity index (χ1n) is 7.40. The summed E-state index contributed by atoms with van der Waals surface area (Å²) in [6.07, 6.45) is 0. The van der Waals surface area contributed by atoms with Gasteiger partial charge in [-0.05, 0) is 24.3 Å². The van der Waals surface area contributed by atoms with E-state index >= 15 is 0 Å². The molecule has 118 valence electrons. The van der Waals surface area contributed by atoms with Crippen molar-refractivity contribution in [3.05, 3.63) is 54.6 Å². The second-order valence-corrected chi connectivity index (χ2v) is 5.41. The summed E-state index contributed by atoms with van der Waals surface area (Å²) in [6, 6.07) is 16.4. The molecule has 2 amide bonds. The summed E-state index contributed by atoms with van der Waals surface area (Å²) in [4.78, 5) is 18.8. The van der Waals surface area contributed by atoms with Gasteiger partial charge in [0.1, 0.15) is 5.84 Å². The number of amides is 2. The molecule has 3 N–H and O–H groups in total. The average molecular weight is 310 g/mol. The normalized spacial score (nSPS) is 16.9. The minimum Gasteiger partial charge on any atom is -0.308 e. The van der Waals surface area contributed by atoms with E-state index in [0.29, 0.717) is 23.8 Å². The van der Waals surface area contributed by atoms with Crippen LogP contribution in [0.1, 0.15) is 6.92 Å². The largest absolute Gasteiger partial charge is 0.326 e. The molecule has 1 unspecified atom stereocenters. The van der Waals surface area contributed by atoms with E-state index in [1.165, 1.54) is 0 Å². The fourth-order valence-corrected chi connectivity index (χ4v) is 2.53. The number of hydrogen-bond donors (Lipinski definition) is 3. The quantitative estimate of drug-likeness (QED) is 0.707. The van der Waals surface area contributed by atoms with Gasteiger partial charge in [0.25, 0.3) is 0 Å². The molecule has 0 fully saturated rings. The van der Waals surface area contributed by atoms with E-state index in [1.807, 2.05) is 61.5 Å². The van der Waals surface area contributed by atoms with Crippen molar-refractivity contribution in [2.75, 3.05) is 16.8 Å². The fourth-order valence-electron chi connectivity index (χ4n) is 2.53. The van der Waals surface area contributed by atoms with Gasteiger partial charge in [-0.15, -0.1) is 0 Å². The van der Waals surface area contributed by atoms with Gasteiger partial charge in [-0.1, -0.05) is 37.3 Å². The molecular formula is C17H18N4O2. The predicted octanol–water partition coefficient (Wildman–Crippen LogP) is 3.38. The summed E-state index contributed by atoms with van der Waals surface area (Å²) in [5.74, 6) is 0.307. The molecule has 0 aliphatic carbocycles. The van der Waals surface area contributed by atoms with E-state index in [4.69, 9.17) is 0 Å². The van der Waals surface area contributed by atoms with E-state index < -0.39 is 0 Å². The lowest BCUT2D eigenvalue weighted by molar-refractivity contribution is 0.228. The van der Waals surface area contributed by atoms with E-state index in [0.717, 1.165) is 5.69 Å². The van der Waals surface area contributed by atoms with Crippen molar-refractivity contribution in [3.8, 4) is 0 Å². The van der Waals surface area contributed by atoms with Gasteiger partial charge in [0, 0.05) is 18.2 Å². The number of hydrogen-bond acceptors (Lipinski definition) is 4. The number of carbonyl (C=O) groups excluding carboxylic acids is 1. The molecule has 6 nitrogen and oxygen atoms in total. The Balaban J connectivity index is 1.92.